The maximum atomic E-state index is 14.6. The summed E-state index contributed by atoms with van der Waals surface area (Å²) in [4.78, 5) is 12.4. The molecule has 2 aromatic rings. The number of halogens is 3. The molecule has 0 heterocycles. The van der Waals surface area contributed by atoms with Gasteiger partial charge in [-0.3, -0.25) is 4.79 Å². The third-order valence-corrected chi connectivity index (χ3v) is 4.22. The quantitative estimate of drug-likeness (QED) is 0.465. The molecule has 0 aliphatic rings. The Labute approximate surface area is 157 Å². The van der Waals surface area contributed by atoms with Crippen LogP contribution in [0.15, 0.2) is 24.3 Å². The summed E-state index contributed by atoms with van der Waals surface area (Å²) in [6.45, 7) is 7.10. The number of rotatable bonds is 8. The first-order chi connectivity index (χ1) is 12.8. The van der Waals surface area contributed by atoms with E-state index in [9.17, 15) is 18.0 Å². The summed E-state index contributed by atoms with van der Waals surface area (Å²) >= 11 is 0. The third-order valence-electron chi connectivity index (χ3n) is 4.22. The largest absolute Gasteiger partial charge is 0.346 e. The Morgan fingerprint density at radius 3 is 1.96 bits per heavy atom. The standard InChI is InChI=1S/C21H23F3O3/c1-5-13-8-12(4)16(22)11-15(13)14-9-17(23)19(18(24)10-14)20(25)21(26-6-2)27-7-3/h8-11,21H,5-7H2,1-4H3. The fraction of sp³-hybridized carbons (Fsp3) is 0.381. The van der Waals surface area contributed by atoms with Gasteiger partial charge in [-0.15, -0.1) is 0 Å². The van der Waals surface area contributed by atoms with Gasteiger partial charge in [0.15, 0.2) is 0 Å². The van der Waals surface area contributed by atoms with Crippen molar-refractivity contribution in [1.29, 1.82) is 0 Å². The molecule has 2 rings (SSSR count). The van der Waals surface area contributed by atoms with Crippen LogP contribution in [0.1, 0.15) is 42.3 Å². The van der Waals surface area contributed by atoms with Crippen LogP contribution in [0.4, 0.5) is 13.2 Å². The summed E-state index contributed by atoms with van der Waals surface area (Å²) in [6, 6.07) is 4.98. The van der Waals surface area contributed by atoms with Gasteiger partial charge < -0.3 is 9.47 Å². The third kappa shape index (κ3) is 4.57. The number of ether oxygens (including phenoxy) is 2. The molecule has 0 N–H and O–H groups in total. The number of Topliss-reactive ketones (excluding diaryl/α,β-unsaturated/α-hetero) is 1. The van der Waals surface area contributed by atoms with Crippen molar-refractivity contribution in [2.45, 2.75) is 40.4 Å². The van der Waals surface area contributed by atoms with Gasteiger partial charge in [-0.1, -0.05) is 13.0 Å². The second kappa shape index (κ2) is 9.15. The monoisotopic (exact) mass is 380 g/mol. The van der Waals surface area contributed by atoms with Gasteiger partial charge in [0.25, 0.3) is 0 Å². The zero-order valence-corrected chi connectivity index (χ0v) is 15.9. The molecule has 0 aliphatic heterocycles. The zero-order valence-electron chi connectivity index (χ0n) is 15.9. The van der Waals surface area contributed by atoms with E-state index in [-0.39, 0.29) is 18.8 Å². The maximum absolute atomic E-state index is 14.6. The highest BCUT2D eigenvalue weighted by molar-refractivity contribution is 5.99. The Morgan fingerprint density at radius 1 is 0.926 bits per heavy atom. The molecule has 0 aromatic heterocycles. The molecule has 0 bridgehead atoms. The van der Waals surface area contributed by atoms with Gasteiger partial charge in [-0.25, -0.2) is 13.2 Å². The van der Waals surface area contributed by atoms with Crippen LogP contribution >= 0.6 is 0 Å². The van der Waals surface area contributed by atoms with Crippen LogP contribution in [0.5, 0.6) is 0 Å². The zero-order chi connectivity index (χ0) is 20.1. The molecule has 3 nitrogen and oxygen atoms in total. The predicted octanol–water partition coefficient (Wildman–Crippen LogP) is 5.22. The van der Waals surface area contributed by atoms with E-state index in [1.807, 2.05) is 6.92 Å². The lowest BCUT2D eigenvalue weighted by molar-refractivity contribution is -0.107. The summed E-state index contributed by atoms with van der Waals surface area (Å²) in [7, 11) is 0. The van der Waals surface area contributed by atoms with Crippen molar-refractivity contribution in [2.24, 2.45) is 0 Å². The molecule has 0 radical (unpaired) electrons. The Morgan fingerprint density at radius 2 is 1.48 bits per heavy atom. The molecular weight excluding hydrogens is 357 g/mol. The lowest BCUT2D eigenvalue weighted by Crippen LogP contribution is -2.29. The van der Waals surface area contributed by atoms with Gasteiger partial charge in [0, 0.05) is 13.2 Å². The summed E-state index contributed by atoms with van der Waals surface area (Å²) in [5.74, 6) is -3.47. The lowest BCUT2D eigenvalue weighted by Gasteiger charge is -2.17. The first-order valence-electron chi connectivity index (χ1n) is 8.89. The minimum Gasteiger partial charge on any atom is -0.346 e. The molecule has 0 amide bonds. The number of ketones is 1. The van der Waals surface area contributed by atoms with Crippen LogP contribution in [0.3, 0.4) is 0 Å². The van der Waals surface area contributed by atoms with Crippen molar-refractivity contribution in [3.05, 3.63) is 58.4 Å². The Hall–Kier alpha value is -2.18. The van der Waals surface area contributed by atoms with Crippen molar-refractivity contribution in [3.63, 3.8) is 0 Å². The smallest absolute Gasteiger partial charge is 0.224 e. The Balaban J connectivity index is 2.52. The van der Waals surface area contributed by atoms with E-state index in [4.69, 9.17) is 9.47 Å². The first kappa shape index (κ1) is 21.1. The summed E-state index contributed by atoms with van der Waals surface area (Å²) in [5, 5.41) is 0. The van der Waals surface area contributed by atoms with E-state index in [2.05, 4.69) is 0 Å². The van der Waals surface area contributed by atoms with E-state index >= 15 is 0 Å². The topological polar surface area (TPSA) is 35.5 Å². The fourth-order valence-corrected chi connectivity index (χ4v) is 2.89. The van der Waals surface area contributed by atoms with Gasteiger partial charge >= 0.3 is 0 Å². The van der Waals surface area contributed by atoms with E-state index < -0.39 is 35.1 Å². The molecule has 27 heavy (non-hydrogen) atoms. The number of benzene rings is 2. The highest BCUT2D eigenvalue weighted by Crippen LogP contribution is 2.30. The van der Waals surface area contributed by atoms with Crippen LogP contribution in [0.2, 0.25) is 0 Å². The molecule has 0 atom stereocenters. The summed E-state index contributed by atoms with van der Waals surface area (Å²) < 4.78 is 53.5. The average Bonchev–Trinajstić information content (AvgIpc) is 2.62. The van der Waals surface area contributed by atoms with E-state index in [0.717, 1.165) is 17.7 Å². The number of aryl methyl sites for hydroxylation is 2. The molecule has 0 saturated heterocycles. The number of carbonyl (C=O) groups excluding carboxylic acids is 1. The molecule has 0 aliphatic carbocycles. The van der Waals surface area contributed by atoms with Gasteiger partial charge in [-0.05, 0) is 67.6 Å². The van der Waals surface area contributed by atoms with Crippen LogP contribution < -0.4 is 0 Å². The van der Waals surface area contributed by atoms with Gasteiger partial charge in [0.1, 0.15) is 17.5 Å². The highest BCUT2D eigenvalue weighted by atomic mass is 19.1. The molecule has 0 saturated carbocycles. The van der Waals surface area contributed by atoms with Crippen LogP contribution in [-0.4, -0.2) is 25.3 Å². The SMILES string of the molecule is CCOC(OCC)C(=O)c1c(F)cc(-c2cc(F)c(C)cc2CC)cc1F. The average molecular weight is 380 g/mol. The molecule has 0 spiro atoms. The predicted molar refractivity (Wildman–Crippen MR) is 97.2 cm³/mol. The number of hydrogen-bond donors (Lipinski definition) is 0. The first-order valence-corrected chi connectivity index (χ1v) is 8.89. The van der Waals surface area contributed by atoms with Crippen LogP contribution in [-0.2, 0) is 15.9 Å². The minimum absolute atomic E-state index is 0.153. The Bertz CT molecular complexity index is 805. The second-order valence-electron chi connectivity index (χ2n) is 6.03. The lowest BCUT2D eigenvalue weighted by atomic mass is 9.94. The van der Waals surface area contributed by atoms with Gasteiger partial charge in [-0.2, -0.15) is 0 Å². The number of hydrogen-bond acceptors (Lipinski definition) is 3. The molecule has 0 unspecified atom stereocenters. The van der Waals surface area contributed by atoms with Crippen molar-refractivity contribution < 1.29 is 27.4 Å². The van der Waals surface area contributed by atoms with Crippen LogP contribution in [0, 0.1) is 24.4 Å². The van der Waals surface area contributed by atoms with Crippen molar-refractivity contribution >= 4 is 5.78 Å². The molecule has 146 valence electrons. The highest BCUT2D eigenvalue weighted by Gasteiger charge is 2.28. The maximum Gasteiger partial charge on any atom is 0.224 e. The normalized spacial score (nSPS) is 11.3. The number of carbonyl (C=O) groups is 1. The molecule has 0 fully saturated rings. The molecular formula is C21H23F3O3. The summed E-state index contributed by atoms with van der Waals surface area (Å²) in [6.07, 6.45) is -0.810. The van der Waals surface area contributed by atoms with Crippen molar-refractivity contribution in [2.75, 3.05) is 13.2 Å². The van der Waals surface area contributed by atoms with E-state index in [1.165, 1.54) is 6.07 Å². The summed E-state index contributed by atoms with van der Waals surface area (Å²) in [5.41, 5.74) is 1.05. The van der Waals surface area contributed by atoms with E-state index in [0.29, 0.717) is 17.5 Å². The molecule has 6 heteroatoms. The van der Waals surface area contributed by atoms with Crippen molar-refractivity contribution in [3.8, 4) is 11.1 Å². The van der Waals surface area contributed by atoms with Crippen LogP contribution in [0.25, 0.3) is 11.1 Å². The second-order valence-corrected chi connectivity index (χ2v) is 6.03. The van der Waals surface area contributed by atoms with Gasteiger partial charge in [0.2, 0.25) is 12.1 Å². The molecule has 2 aromatic carbocycles. The fourth-order valence-electron chi connectivity index (χ4n) is 2.89. The minimum atomic E-state index is -1.38. The van der Waals surface area contributed by atoms with E-state index in [1.54, 1.807) is 26.8 Å². The van der Waals surface area contributed by atoms with Gasteiger partial charge in [0.05, 0.1) is 5.56 Å². The van der Waals surface area contributed by atoms with Crippen molar-refractivity contribution in [1.82, 2.24) is 0 Å². The Kier molecular flexibility index (Phi) is 7.16.